The van der Waals surface area contributed by atoms with E-state index in [9.17, 15) is 0 Å². The monoisotopic (exact) mass is 213 g/mol. The van der Waals surface area contributed by atoms with Crippen LogP contribution < -0.4 is 9.47 Å². The zero-order chi connectivity index (χ0) is 11.4. The molecule has 0 aliphatic carbocycles. The standard InChI is InChI=1S/C14H13O2/c1-15-13-10-6-9-12(14(13)16-2)11-7-4-3-5-8-11/h3-5,7-10H,1-2H3. The Morgan fingerprint density at radius 3 is 2.31 bits per heavy atom. The molecule has 0 bridgehead atoms. The minimum atomic E-state index is 0.698. The fourth-order valence-electron chi connectivity index (χ4n) is 1.66. The second-order valence-corrected chi connectivity index (χ2v) is 3.34. The van der Waals surface area contributed by atoms with Crippen molar-refractivity contribution in [3.8, 4) is 22.6 Å². The normalized spacial score (nSPS) is 9.88. The van der Waals surface area contributed by atoms with Crippen molar-refractivity contribution in [2.24, 2.45) is 0 Å². The zero-order valence-electron chi connectivity index (χ0n) is 9.36. The van der Waals surface area contributed by atoms with E-state index in [1.165, 1.54) is 0 Å². The Labute approximate surface area is 95.4 Å². The first-order valence-electron chi connectivity index (χ1n) is 5.04. The molecule has 2 heteroatoms. The molecule has 81 valence electrons. The van der Waals surface area contributed by atoms with Gasteiger partial charge in [-0.1, -0.05) is 30.3 Å². The van der Waals surface area contributed by atoms with Crippen LogP contribution in [0.15, 0.2) is 42.5 Å². The van der Waals surface area contributed by atoms with Gasteiger partial charge in [-0.2, -0.15) is 0 Å². The average molecular weight is 213 g/mol. The number of methoxy groups -OCH3 is 2. The van der Waals surface area contributed by atoms with Crippen molar-refractivity contribution in [1.29, 1.82) is 0 Å². The third-order valence-electron chi connectivity index (χ3n) is 2.42. The van der Waals surface area contributed by atoms with Crippen LogP contribution in [-0.2, 0) is 0 Å². The molecule has 2 nitrogen and oxygen atoms in total. The van der Waals surface area contributed by atoms with Crippen molar-refractivity contribution in [2.75, 3.05) is 14.2 Å². The third kappa shape index (κ3) is 1.87. The fourth-order valence-corrected chi connectivity index (χ4v) is 1.66. The summed E-state index contributed by atoms with van der Waals surface area (Å²) in [4.78, 5) is 0. The van der Waals surface area contributed by atoms with Gasteiger partial charge in [-0.25, -0.2) is 0 Å². The van der Waals surface area contributed by atoms with E-state index in [4.69, 9.17) is 9.47 Å². The van der Waals surface area contributed by atoms with E-state index in [0.29, 0.717) is 5.75 Å². The van der Waals surface area contributed by atoms with Gasteiger partial charge < -0.3 is 9.47 Å². The van der Waals surface area contributed by atoms with Crippen molar-refractivity contribution >= 4 is 0 Å². The molecule has 0 unspecified atom stereocenters. The van der Waals surface area contributed by atoms with Crippen LogP contribution in [0.3, 0.4) is 0 Å². The van der Waals surface area contributed by atoms with Crippen molar-refractivity contribution in [3.05, 3.63) is 48.5 Å². The molecule has 2 aromatic carbocycles. The van der Waals surface area contributed by atoms with Gasteiger partial charge in [0.2, 0.25) is 0 Å². The Balaban J connectivity index is 2.57. The summed E-state index contributed by atoms with van der Waals surface area (Å²) >= 11 is 0. The minimum Gasteiger partial charge on any atom is -0.493 e. The largest absolute Gasteiger partial charge is 0.493 e. The van der Waals surface area contributed by atoms with Crippen LogP contribution in [0.25, 0.3) is 11.1 Å². The van der Waals surface area contributed by atoms with E-state index in [-0.39, 0.29) is 0 Å². The fraction of sp³-hybridized carbons (Fsp3) is 0.143. The first-order chi connectivity index (χ1) is 7.86. The minimum absolute atomic E-state index is 0.698. The lowest BCUT2D eigenvalue weighted by Gasteiger charge is -2.12. The van der Waals surface area contributed by atoms with Crippen LogP contribution in [0, 0.1) is 6.07 Å². The van der Waals surface area contributed by atoms with E-state index in [1.807, 2.05) is 36.4 Å². The van der Waals surface area contributed by atoms with Gasteiger partial charge in [-0.15, -0.1) is 0 Å². The maximum Gasteiger partial charge on any atom is 0.168 e. The van der Waals surface area contributed by atoms with Crippen LogP contribution in [0.1, 0.15) is 0 Å². The summed E-state index contributed by atoms with van der Waals surface area (Å²) < 4.78 is 10.6. The van der Waals surface area contributed by atoms with Gasteiger partial charge in [0, 0.05) is 5.56 Å². The van der Waals surface area contributed by atoms with Crippen molar-refractivity contribution in [3.63, 3.8) is 0 Å². The van der Waals surface area contributed by atoms with E-state index < -0.39 is 0 Å². The number of ether oxygens (including phenoxy) is 2. The summed E-state index contributed by atoms with van der Waals surface area (Å²) in [5.74, 6) is 1.44. The van der Waals surface area contributed by atoms with Crippen molar-refractivity contribution in [1.82, 2.24) is 0 Å². The van der Waals surface area contributed by atoms with E-state index in [2.05, 4.69) is 6.07 Å². The lowest BCUT2D eigenvalue weighted by Crippen LogP contribution is -1.92. The number of rotatable bonds is 3. The summed E-state index contributed by atoms with van der Waals surface area (Å²) in [6.45, 7) is 0. The predicted molar refractivity (Wildman–Crippen MR) is 63.8 cm³/mol. The number of hydrogen-bond acceptors (Lipinski definition) is 2. The second-order valence-electron chi connectivity index (χ2n) is 3.34. The van der Waals surface area contributed by atoms with Gasteiger partial charge in [0.1, 0.15) is 0 Å². The number of hydrogen-bond donors (Lipinski definition) is 0. The Bertz CT molecular complexity index is 463. The highest BCUT2D eigenvalue weighted by Crippen LogP contribution is 2.37. The summed E-state index contributed by atoms with van der Waals surface area (Å²) in [7, 11) is 3.27. The summed E-state index contributed by atoms with van der Waals surface area (Å²) in [6, 6.07) is 16.8. The number of benzene rings is 2. The van der Waals surface area contributed by atoms with Crippen LogP contribution in [0.4, 0.5) is 0 Å². The molecule has 0 aliphatic heterocycles. The molecule has 16 heavy (non-hydrogen) atoms. The van der Waals surface area contributed by atoms with Gasteiger partial charge >= 0.3 is 0 Å². The second kappa shape index (κ2) is 4.71. The third-order valence-corrected chi connectivity index (χ3v) is 2.42. The topological polar surface area (TPSA) is 18.5 Å². The average Bonchev–Trinajstić information content (AvgIpc) is 2.38. The first-order valence-corrected chi connectivity index (χ1v) is 5.04. The Morgan fingerprint density at radius 2 is 1.69 bits per heavy atom. The van der Waals surface area contributed by atoms with Gasteiger partial charge in [-0.05, 0) is 23.8 Å². The summed E-state index contributed by atoms with van der Waals surface area (Å²) in [5.41, 5.74) is 2.08. The highest BCUT2D eigenvalue weighted by molar-refractivity contribution is 5.73. The SMILES string of the molecule is COc1c[c]cc(-c2ccccc2)c1OC. The Kier molecular flexibility index (Phi) is 3.10. The van der Waals surface area contributed by atoms with Gasteiger partial charge in [0.25, 0.3) is 0 Å². The lowest BCUT2D eigenvalue weighted by molar-refractivity contribution is 0.356. The highest BCUT2D eigenvalue weighted by atomic mass is 16.5. The molecule has 0 amide bonds. The van der Waals surface area contributed by atoms with E-state index in [0.717, 1.165) is 16.9 Å². The van der Waals surface area contributed by atoms with Crippen LogP contribution in [0.5, 0.6) is 11.5 Å². The first kappa shape index (κ1) is 10.6. The quantitative estimate of drug-likeness (QED) is 0.779. The zero-order valence-corrected chi connectivity index (χ0v) is 9.36. The summed E-state index contributed by atoms with van der Waals surface area (Å²) in [5, 5.41) is 0. The van der Waals surface area contributed by atoms with Crippen LogP contribution in [-0.4, -0.2) is 14.2 Å². The highest BCUT2D eigenvalue weighted by Gasteiger charge is 2.10. The van der Waals surface area contributed by atoms with Crippen LogP contribution >= 0.6 is 0 Å². The van der Waals surface area contributed by atoms with Gasteiger partial charge in [-0.3, -0.25) is 0 Å². The smallest absolute Gasteiger partial charge is 0.168 e. The lowest BCUT2D eigenvalue weighted by atomic mass is 10.0. The molecule has 0 atom stereocenters. The molecule has 0 aromatic heterocycles. The molecule has 0 heterocycles. The van der Waals surface area contributed by atoms with Gasteiger partial charge in [0.05, 0.1) is 14.2 Å². The molecule has 2 rings (SSSR count). The molecular weight excluding hydrogens is 200 g/mol. The molecule has 0 spiro atoms. The maximum atomic E-state index is 5.38. The summed E-state index contributed by atoms with van der Waals surface area (Å²) in [6.07, 6.45) is 0. The van der Waals surface area contributed by atoms with E-state index >= 15 is 0 Å². The van der Waals surface area contributed by atoms with Crippen LogP contribution in [0.2, 0.25) is 0 Å². The van der Waals surface area contributed by atoms with Crippen molar-refractivity contribution < 1.29 is 9.47 Å². The molecule has 2 aromatic rings. The maximum absolute atomic E-state index is 5.38. The molecule has 0 N–H and O–H groups in total. The molecule has 0 aliphatic rings. The predicted octanol–water partition coefficient (Wildman–Crippen LogP) is 3.17. The van der Waals surface area contributed by atoms with Gasteiger partial charge in [0.15, 0.2) is 11.5 Å². The molecular formula is C14H13O2. The Morgan fingerprint density at radius 1 is 0.938 bits per heavy atom. The molecule has 1 radical (unpaired) electrons. The Hall–Kier alpha value is -1.96. The molecule has 0 saturated heterocycles. The van der Waals surface area contributed by atoms with E-state index in [1.54, 1.807) is 20.3 Å². The molecule has 0 fully saturated rings. The molecule has 0 saturated carbocycles. The van der Waals surface area contributed by atoms with Crippen molar-refractivity contribution in [2.45, 2.75) is 0 Å².